The van der Waals surface area contributed by atoms with Crippen LogP contribution in [0, 0.1) is 11.6 Å². The van der Waals surface area contributed by atoms with Gasteiger partial charge in [0.05, 0.1) is 12.7 Å². The number of fused-ring (bicyclic) bond motifs is 3. The Hall–Kier alpha value is -3.21. The zero-order chi connectivity index (χ0) is 17.4. The van der Waals surface area contributed by atoms with Crippen molar-refractivity contribution >= 4 is 33.3 Å². The molecule has 5 heteroatoms. The van der Waals surface area contributed by atoms with E-state index >= 15 is 0 Å². The van der Waals surface area contributed by atoms with Crippen LogP contribution in [0.2, 0.25) is 0 Å². The molecule has 0 saturated heterocycles. The maximum Gasteiger partial charge on any atom is 0.228 e. The Morgan fingerprint density at radius 1 is 1.00 bits per heavy atom. The molecular weight excluding hydrogens is 324 g/mol. The number of halogens is 2. The average Bonchev–Trinajstić information content (AvgIpc) is 3.01. The van der Waals surface area contributed by atoms with Crippen molar-refractivity contribution in [2.24, 2.45) is 0 Å². The number of rotatable bonds is 3. The summed E-state index contributed by atoms with van der Waals surface area (Å²) >= 11 is 0. The predicted octanol–water partition coefficient (Wildman–Crippen LogP) is 5.05. The van der Waals surface area contributed by atoms with E-state index in [0.717, 1.165) is 33.9 Å². The molecule has 0 aliphatic rings. The van der Waals surface area contributed by atoms with E-state index in [2.05, 4.69) is 5.32 Å². The Labute approximate surface area is 141 Å². The number of carbonyl (C=O) groups excluding carboxylic acids is 1. The van der Waals surface area contributed by atoms with Crippen molar-refractivity contribution in [2.45, 2.75) is 6.42 Å². The Morgan fingerprint density at radius 2 is 1.84 bits per heavy atom. The topological polar surface area (TPSA) is 42.2 Å². The van der Waals surface area contributed by atoms with Gasteiger partial charge in [0, 0.05) is 22.7 Å². The molecule has 0 bridgehead atoms. The summed E-state index contributed by atoms with van der Waals surface area (Å²) in [6, 6.07) is 14.9. The van der Waals surface area contributed by atoms with Crippen molar-refractivity contribution in [3.8, 4) is 0 Å². The predicted molar refractivity (Wildman–Crippen MR) is 92.4 cm³/mol. The van der Waals surface area contributed by atoms with Gasteiger partial charge in [0.2, 0.25) is 5.91 Å². The highest BCUT2D eigenvalue weighted by molar-refractivity contribution is 6.09. The molecule has 124 valence electrons. The summed E-state index contributed by atoms with van der Waals surface area (Å²) in [7, 11) is 0. The van der Waals surface area contributed by atoms with E-state index in [0.29, 0.717) is 5.58 Å². The van der Waals surface area contributed by atoms with Crippen molar-refractivity contribution in [1.29, 1.82) is 0 Å². The fourth-order valence-corrected chi connectivity index (χ4v) is 2.96. The van der Waals surface area contributed by atoms with Crippen LogP contribution in [-0.4, -0.2) is 5.91 Å². The van der Waals surface area contributed by atoms with E-state index in [-0.39, 0.29) is 18.0 Å². The van der Waals surface area contributed by atoms with E-state index in [1.54, 1.807) is 6.26 Å². The highest BCUT2D eigenvalue weighted by Gasteiger charge is 2.14. The molecule has 1 aromatic heterocycles. The third-order valence-corrected chi connectivity index (χ3v) is 4.09. The molecule has 1 N–H and O–H groups in total. The van der Waals surface area contributed by atoms with Gasteiger partial charge in [0.25, 0.3) is 0 Å². The first kappa shape index (κ1) is 15.3. The van der Waals surface area contributed by atoms with Gasteiger partial charge in [-0.05, 0) is 29.0 Å². The Balaban J connectivity index is 1.65. The normalized spacial score (nSPS) is 11.1. The SMILES string of the molecule is O=C(Cc1coc2ccc3ccccc3c12)Nc1ccc(F)c(F)c1. The molecule has 0 unspecified atom stereocenters. The van der Waals surface area contributed by atoms with Crippen LogP contribution in [0.1, 0.15) is 5.56 Å². The third-order valence-electron chi connectivity index (χ3n) is 4.09. The zero-order valence-electron chi connectivity index (χ0n) is 13.1. The van der Waals surface area contributed by atoms with Crippen molar-refractivity contribution in [3.63, 3.8) is 0 Å². The van der Waals surface area contributed by atoms with Crippen LogP contribution in [0.4, 0.5) is 14.5 Å². The maximum atomic E-state index is 13.2. The summed E-state index contributed by atoms with van der Waals surface area (Å²) in [6.07, 6.45) is 1.63. The summed E-state index contributed by atoms with van der Waals surface area (Å²) in [5.41, 5.74) is 1.66. The van der Waals surface area contributed by atoms with Gasteiger partial charge in [0.1, 0.15) is 5.58 Å². The molecule has 0 atom stereocenters. The largest absolute Gasteiger partial charge is 0.464 e. The number of anilines is 1. The van der Waals surface area contributed by atoms with Crippen LogP contribution >= 0.6 is 0 Å². The molecule has 0 aliphatic carbocycles. The lowest BCUT2D eigenvalue weighted by Crippen LogP contribution is -2.14. The van der Waals surface area contributed by atoms with E-state index < -0.39 is 11.6 Å². The summed E-state index contributed by atoms with van der Waals surface area (Å²) in [5.74, 6) is -2.29. The van der Waals surface area contributed by atoms with Crippen molar-refractivity contribution in [2.75, 3.05) is 5.32 Å². The highest BCUT2D eigenvalue weighted by Crippen LogP contribution is 2.30. The molecule has 3 nitrogen and oxygen atoms in total. The molecule has 1 amide bonds. The van der Waals surface area contributed by atoms with Crippen LogP contribution in [0.5, 0.6) is 0 Å². The van der Waals surface area contributed by atoms with E-state index in [9.17, 15) is 13.6 Å². The van der Waals surface area contributed by atoms with Crippen LogP contribution in [0.3, 0.4) is 0 Å². The van der Waals surface area contributed by atoms with Gasteiger partial charge < -0.3 is 9.73 Å². The van der Waals surface area contributed by atoms with Crippen LogP contribution < -0.4 is 5.32 Å². The fraction of sp³-hybridized carbons (Fsp3) is 0.0500. The van der Waals surface area contributed by atoms with Gasteiger partial charge in [-0.25, -0.2) is 8.78 Å². The van der Waals surface area contributed by atoms with Gasteiger partial charge in [-0.15, -0.1) is 0 Å². The highest BCUT2D eigenvalue weighted by atomic mass is 19.2. The Kier molecular flexibility index (Phi) is 3.69. The molecule has 0 radical (unpaired) electrons. The molecular formula is C20H13F2NO2. The zero-order valence-corrected chi connectivity index (χ0v) is 13.1. The first-order valence-electron chi connectivity index (χ1n) is 7.74. The van der Waals surface area contributed by atoms with Crippen LogP contribution in [0.25, 0.3) is 21.7 Å². The van der Waals surface area contributed by atoms with Gasteiger partial charge in [-0.2, -0.15) is 0 Å². The number of amides is 1. The van der Waals surface area contributed by atoms with E-state index in [1.165, 1.54) is 6.07 Å². The molecule has 25 heavy (non-hydrogen) atoms. The molecule has 1 heterocycles. The second-order valence-corrected chi connectivity index (χ2v) is 5.77. The number of carbonyl (C=O) groups is 1. The van der Waals surface area contributed by atoms with Gasteiger partial charge in [-0.3, -0.25) is 4.79 Å². The van der Waals surface area contributed by atoms with Crippen molar-refractivity contribution in [1.82, 2.24) is 0 Å². The summed E-state index contributed by atoms with van der Waals surface area (Å²) < 4.78 is 31.8. The molecule has 0 fully saturated rings. The number of furan rings is 1. The minimum Gasteiger partial charge on any atom is -0.464 e. The second kappa shape index (κ2) is 6.02. The van der Waals surface area contributed by atoms with Gasteiger partial charge in [0.15, 0.2) is 11.6 Å². The van der Waals surface area contributed by atoms with Crippen molar-refractivity contribution < 1.29 is 18.0 Å². The number of hydrogen-bond donors (Lipinski definition) is 1. The molecule has 0 spiro atoms. The lowest BCUT2D eigenvalue weighted by molar-refractivity contribution is -0.115. The molecule has 4 aromatic rings. The molecule has 0 aliphatic heterocycles. The van der Waals surface area contributed by atoms with Crippen LogP contribution in [0.15, 0.2) is 65.3 Å². The number of hydrogen-bond acceptors (Lipinski definition) is 2. The molecule has 3 aromatic carbocycles. The summed E-state index contributed by atoms with van der Waals surface area (Å²) in [6.45, 7) is 0. The van der Waals surface area contributed by atoms with Gasteiger partial charge in [-0.1, -0.05) is 30.3 Å². The third kappa shape index (κ3) is 2.85. The second-order valence-electron chi connectivity index (χ2n) is 5.77. The standard InChI is InChI=1S/C20H13F2NO2/c21-16-7-6-14(10-17(16)22)23-19(24)9-13-11-25-18-8-5-12-3-1-2-4-15(12)20(13)18/h1-8,10-11H,9H2,(H,23,24). The molecule has 4 rings (SSSR count). The summed E-state index contributed by atoms with van der Waals surface area (Å²) in [4.78, 5) is 12.3. The quantitative estimate of drug-likeness (QED) is 0.569. The summed E-state index contributed by atoms with van der Waals surface area (Å²) in [5, 5.41) is 5.52. The van der Waals surface area contributed by atoms with E-state index in [4.69, 9.17) is 4.42 Å². The van der Waals surface area contributed by atoms with Crippen LogP contribution in [-0.2, 0) is 11.2 Å². The lowest BCUT2D eigenvalue weighted by atomic mass is 10.0. The monoisotopic (exact) mass is 337 g/mol. The lowest BCUT2D eigenvalue weighted by Gasteiger charge is -2.06. The Bertz CT molecular complexity index is 1100. The Morgan fingerprint density at radius 3 is 2.68 bits per heavy atom. The molecule has 0 saturated carbocycles. The fourth-order valence-electron chi connectivity index (χ4n) is 2.96. The maximum absolute atomic E-state index is 13.2. The van der Waals surface area contributed by atoms with Crippen molar-refractivity contribution in [3.05, 3.63) is 78.1 Å². The first-order valence-corrected chi connectivity index (χ1v) is 7.74. The number of nitrogens with one attached hydrogen (secondary N) is 1. The number of benzene rings is 3. The average molecular weight is 337 g/mol. The minimum absolute atomic E-state index is 0.0694. The first-order chi connectivity index (χ1) is 12.1. The van der Waals surface area contributed by atoms with E-state index in [1.807, 2.05) is 36.4 Å². The minimum atomic E-state index is -1.00. The van der Waals surface area contributed by atoms with Gasteiger partial charge >= 0.3 is 0 Å². The smallest absolute Gasteiger partial charge is 0.228 e.